The molecule has 0 radical (unpaired) electrons. The third kappa shape index (κ3) is 2.85. The quantitative estimate of drug-likeness (QED) is 0.909. The van der Waals surface area contributed by atoms with Gasteiger partial charge in [-0.1, -0.05) is 6.07 Å². The highest BCUT2D eigenvalue weighted by molar-refractivity contribution is 5.44. The van der Waals surface area contributed by atoms with E-state index in [0.717, 1.165) is 24.8 Å². The first-order valence-electron chi connectivity index (χ1n) is 6.60. The van der Waals surface area contributed by atoms with Crippen LogP contribution in [0.5, 0.6) is 11.5 Å². The summed E-state index contributed by atoms with van der Waals surface area (Å²) in [7, 11) is 4.91. The van der Waals surface area contributed by atoms with Crippen molar-refractivity contribution in [2.45, 2.75) is 37.4 Å². The summed E-state index contributed by atoms with van der Waals surface area (Å²) < 4.78 is 15.9. The van der Waals surface area contributed by atoms with E-state index in [4.69, 9.17) is 14.2 Å². The number of aliphatic hydroxyl groups is 1. The van der Waals surface area contributed by atoms with Gasteiger partial charge in [-0.25, -0.2) is 0 Å². The Morgan fingerprint density at radius 1 is 1.16 bits per heavy atom. The lowest BCUT2D eigenvalue weighted by Gasteiger charge is -2.36. The summed E-state index contributed by atoms with van der Waals surface area (Å²) in [5.74, 6) is 1.32. The molecule has 1 N–H and O–H groups in total. The molecule has 0 amide bonds. The van der Waals surface area contributed by atoms with E-state index >= 15 is 0 Å². The molecule has 4 heteroatoms. The molecule has 0 saturated heterocycles. The van der Waals surface area contributed by atoms with Crippen LogP contribution in [0.15, 0.2) is 18.2 Å². The Bertz CT molecular complexity index is 432. The van der Waals surface area contributed by atoms with E-state index in [1.165, 1.54) is 0 Å². The monoisotopic (exact) mass is 266 g/mol. The van der Waals surface area contributed by atoms with Crippen molar-refractivity contribution in [2.75, 3.05) is 21.3 Å². The van der Waals surface area contributed by atoms with Gasteiger partial charge in [0.05, 0.1) is 25.9 Å². The lowest BCUT2D eigenvalue weighted by Crippen LogP contribution is -2.35. The van der Waals surface area contributed by atoms with Gasteiger partial charge in [-0.05, 0) is 37.0 Å². The molecule has 0 heterocycles. The number of benzene rings is 1. The zero-order chi connectivity index (χ0) is 13.9. The standard InChI is InChI=1S/C15H22O4/c1-17-12-5-4-8-15(16,10-12)11-6-7-13(18-2)14(9-11)19-3/h6-7,9,12,16H,4-5,8,10H2,1-3H3. The Hall–Kier alpha value is -1.26. The van der Waals surface area contributed by atoms with Crippen molar-refractivity contribution in [1.29, 1.82) is 0 Å². The summed E-state index contributed by atoms with van der Waals surface area (Å²) in [6.07, 6.45) is 3.46. The van der Waals surface area contributed by atoms with E-state index in [1.54, 1.807) is 21.3 Å². The molecule has 0 bridgehead atoms. The van der Waals surface area contributed by atoms with Gasteiger partial charge in [0.2, 0.25) is 0 Å². The molecule has 1 aromatic rings. The normalized spacial score (nSPS) is 27.1. The van der Waals surface area contributed by atoms with Crippen LogP contribution in [0, 0.1) is 0 Å². The van der Waals surface area contributed by atoms with Crippen LogP contribution in [0.25, 0.3) is 0 Å². The zero-order valence-electron chi connectivity index (χ0n) is 11.8. The van der Waals surface area contributed by atoms with Crippen molar-refractivity contribution in [3.05, 3.63) is 23.8 Å². The van der Waals surface area contributed by atoms with Crippen LogP contribution in [-0.2, 0) is 10.3 Å². The topological polar surface area (TPSA) is 47.9 Å². The van der Waals surface area contributed by atoms with Crippen molar-refractivity contribution in [2.24, 2.45) is 0 Å². The van der Waals surface area contributed by atoms with Crippen molar-refractivity contribution >= 4 is 0 Å². The third-order valence-electron chi connectivity index (χ3n) is 3.94. The van der Waals surface area contributed by atoms with Crippen molar-refractivity contribution in [3.8, 4) is 11.5 Å². The molecule has 106 valence electrons. The highest BCUT2D eigenvalue weighted by Crippen LogP contribution is 2.41. The lowest BCUT2D eigenvalue weighted by atomic mass is 9.78. The Morgan fingerprint density at radius 2 is 1.89 bits per heavy atom. The molecule has 0 spiro atoms. The van der Waals surface area contributed by atoms with E-state index in [2.05, 4.69) is 0 Å². The number of rotatable bonds is 4. The van der Waals surface area contributed by atoms with Gasteiger partial charge < -0.3 is 19.3 Å². The first-order chi connectivity index (χ1) is 9.12. The van der Waals surface area contributed by atoms with Crippen LogP contribution in [-0.4, -0.2) is 32.5 Å². The van der Waals surface area contributed by atoms with Gasteiger partial charge in [-0.2, -0.15) is 0 Å². The Balaban J connectivity index is 2.29. The van der Waals surface area contributed by atoms with Gasteiger partial charge in [0.25, 0.3) is 0 Å². The van der Waals surface area contributed by atoms with Gasteiger partial charge >= 0.3 is 0 Å². The Morgan fingerprint density at radius 3 is 2.53 bits per heavy atom. The molecule has 1 fully saturated rings. The van der Waals surface area contributed by atoms with E-state index in [-0.39, 0.29) is 6.10 Å². The van der Waals surface area contributed by atoms with Crippen LogP contribution in [0.2, 0.25) is 0 Å². The molecule has 0 aliphatic heterocycles. The molecule has 1 saturated carbocycles. The van der Waals surface area contributed by atoms with Crippen LogP contribution in [0.3, 0.4) is 0 Å². The van der Waals surface area contributed by atoms with Gasteiger partial charge in [0.1, 0.15) is 0 Å². The molecular weight excluding hydrogens is 244 g/mol. The van der Waals surface area contributed by atoms with Crippen LogP contribution in [0.4, 0.5) is 0 Å². The maximum absolute atomic E-state index is 10.9. The molecule has 19 heavy (non-hydrogen) atoms. The highest BCUT2D eigenvalue weighted by atomic mass is 16.5. The fourth-order valence-corrected chi connectivity index (χ4v) is 2.79. The third-order valence-corrected chi connectivity index (χ3v) is 3.94. The summed E-state index contributed by atoms with van der Waals surface area (Å²) >= 11 is 0. The zero-order valence-corrected chi connectivity index (χ0v) is 11.8. The second kappa shape index (κ2) is 5.80. The van der Waals surface area contributed by atoms with Crippen molar-refractivity contribution in [3.63, 3.8) is 0 Å². The van der Waals surface area contributed by atoms with Crippen LogP contribution in [0.1, 0.15) is 31.2 Å². The lowest BCUT2D eigenvalue weighted by molar-refractivity contribution is -0.0632. The fourth-order valence-electron chi connectivity index (χ4n) is 2.79. The minimum Gasteiger partial charge on any atom is -0.493 e. The number of ether oxygens (including phenoxy) is 3. The molecule has 2 unspecified atom stereocenters. The molecule has 2 atom stereocenters. The van der Waals surface area contributed by atoms with Gasteiger partial charge in [0.15, 0.2) is 11.5 Å². The largest absolute Gasteiger partial charge is 0.493 e. The summed E-state index contributed by atoms with van der Waals surface area (Å²) in [4.78, 5) is 0. The van der Waals surface area contributed by atoms with E-state index in [9.17, 15) is 5.11 Å². The summed E-state index contributed by atoms with van der Waals surface area (Å²) in [6.45, 7) is 0. The van der Waals surface area contributed by atoms with Crippen molar-refractivity contribution < 1.29 is 19.3 Å². The van der Waals surface area contributed by atoms with Gasteiger partial charge in [-0.15, -0.1) is 0 Å². The number of hydrogen-bond acceptors (Lipinski definition) is 4. The molecule has 0 aromatic heterocycles. The summed E-state index contributed by atoms with van der Waals surface area (Å²) in [5.41, 5.74) is 0.0327. The average molecular weight is 266 g/mol. The summed E-state index contributed by atoms with van der Waals surface area (Å²) in [6, 6.07) is 5.60. The van der Waals surface area contributed by atoms with Gasteiger partial charge in [-0.3, -0.25) is 0 Å². The first kappa shape index (κ1) is 14.2. The second-order valence-corrected chi connectivity index (χ2v) is 5.06. The second-order valence-electron chi connectivity index (χ2n) is 5.06. The number of methoxy groups -OCH3 is 3. The number of hydrogen-bond donors (Lipinski definition) is 1. The predicted octanol–water partition coefficient (Wildman–Crippen LogP) is 2.48. The highest BCUT2D eigenvalue weighted by Gasteiger charge is 2.36. The predicted molar refractivity (Wildman–Crippen MR) is 72.7 cm³/mol. The first-order valence-corrected chi connectivity index (χ1v) is 6.60. The average Bonchev–Trinajstić information content (AvgIpc) is 2.46. The van der Waals surface area contributed by atoms with Crippen molar-refractivity contribution in [1.82, 2.24) is 0 Å². The smallest absolute Gasteiger partial charge is 0.161 e. The molecule has 4 nitrogen and oxygen atoms in total. The van der Waals surface area contributed by atoms with Crippen LogP contribution >= 0.6 is 0 Å². The Labute approximate surface area is 114 Å². The van der Waals surface area contributed by atoms with Crippen LogP contribution < -0.4 is 9.47 Å². The minimum atomic E-state index is -0.835. The van der Waals surface area contributed by atoms with E-state index in [1.807, 2.05) is 18.2 Å². The molecule has 1 aromatic carbocycles. The Kier molecular flexibility index (Phi) is 4.32. The van der Waals surface area contributed by atoms with Gasteiger partial charge in [0, 0.05) is 13.5 Å². The fraction of sp³-hybridized carbons (Fsp3) is 0.600. The molecule has 1 aliphatic carbocycles. The molecule has 2 rings (SSSR count). The van der Waals surface area contributed by atoms with E-state index < -0.39 is 5.60 Å². The maximum atomic E-state index is 10.9. The maximum Gasteiger partial charge on any atom is 0.161 e. The minimum absolute atomic E-state index is 0.117. The molecular formula is C15H22O4. The van der Waals surface area contributed by atoms with E-state index in [0.29, 0.717) is 17.9 Å². The molecule has 1 aliphatic rings. The summed E-state index contributed by atoms with van der Waals surface area (Å²) in [5, 5.41) is 10.9. The SMILES string of the molecule is COc1ccc(C2(O)CCCC(OC)C2)cc1OC.